The molecule has 0 N–H and O–H groups in total. The van der Waals surface area contributed by atoms with Gasteiger partial charge in [0, 0.05) is 26.2 Å². The van der Waals surface area contributed by atoms with Crippen molar-refractivity contribution in [3.05, 3.63) is 28.8 Å². The van der Waals surface area contributed by atoms with E-state index in [2.05, 4.69) is 44.7 Å². The minimum absolute atomic E-state index is 0.151. The van der Waals surface area contributed by atoms with Gasteiger partial charge in [0.15, 0.2) is 0 Å². The Hall–Kier alpha value is -1.55. The smallest absolute Gasteiger partial charge is 0.226 e. The zero-order valence-corrected chi connectivity index (χ0v) is 15.9. The monoisotopic (exact) mass is 332 g/mol. The number of likely N-dealkylation sites (tertiary alicyclic amines) is 1. The van der Waals surface area contributed by atoms with E-state index in [1.807, 2.05) is 4.90 Å². The first-order valence-corrected chi connectivity index (χ1v) is 9.15. The second-order valence-corrected chi connectivity index (χ2v) is 6.76. The molecule has 134 valence electrons. The molecule has 1 atom stereocenters. The number of nitrogens with zero attached hydrogens (tertiary/aromatic N) is 2. The molecule has 0 saturated carbocycles. The van der Waals surface area contributed by atoms with Gasteiger partial charge < -0.3 is 9.64 Å². The summed E-state index contributed by atoms with van der Waals surface area (Å²) >= 11 is 0. The average molecular weight is 332 g/mol. The molecule has 4 nitrogen and oxygen atoms in total. The number of hydrogen-bond donors (Lipinski definition) is 0. The molecular weight excluding hydrogens is 300 g/mol. The van der Waals surface area contributed by atoms with E-state index < -0.39 is 0 Å². The van der Waals surface area contributed by atoms with Gasteiger partial charge in [0.05, 0.1) is 13.0 Å². The molecule has 0 aromatic heterocycles. The van der Waals surface area contributed by atoms with Crippen LogP contribution in [0.15, 0.2) is 12.1 Å². The van der Waals surface area contributed by atoms with E-state index >= 15 is 0 Å². The van der Waals surface area contributed by atoms with E-state index in [0.29, 0.717) is 5.91 Å². The van der Waals surface area contributed by atoms with Gasteiger partial charge >= 0.3 is 0 Å². The molecule has 2 rings (SSSR count). The Morgan fingerprint density at radius 2 is 1.96 bits per heavy atom. The van der Waals surface area contributed by atoms with E-state index in [1.54, 1.807) is 7.11 Å². The first-order valence-electron chi connectivity index (χ1n) is 9.15. The standard InChI is InChI=1S/C20H32N2O2/c1-6-22(7-2)20(23)18-9-8-12-21(14-18)13-17-10-11-19(24-5)16(4)15(17)3/h10-11,18H,6-9,12-14H2,1-5H3/t18-/m0/s1. The third kappa shape index (κ3) is 4.10. The lowest BCUT2D eigenvalue weighted by Crippen LogP contribution is -2.44. The highest BCUT2D eigenvalue weighted by atomic mass is 16.5. The average Bonchev–Trinajstić information content (AvgIpc) is 2.60. The number of carbonyl (C=O) groups is 1. The molecule has 1 aromatic rings. The molecule has 1 aliphatic rings. The van der Waals surface area contributed by atoms with Gasteiger partial charge in [0.1, 0.15) is 5.75 Å². The number of hydrogen-bond acceptors (Lipinski definition) is 3. The van der Waals surface area contributed by atoms with E-state index in [9.17, 15) is 4.79 Å². The van der Waals surface area contributed by atoms with Gasteiger partial charge in [0.2, 0.25) is 5.91 Å². The predicted octanol–water partition coefficient (Wildman–Crippen LogP) is 3.39. The number of carbonyl (C=O) groups excluding carboxylic acids is 1. The zero-order valence-electron chi connectivity index (χ0n) is 15.9. The van der Waals surface area contributed by atoms with Gasteiger partial charge in [-0.2, -0.15) is 0 Å². The molecule has 1 aromatic carbocycles. The van der Waals surface area contributed by atoms with Gasteiger partial charge in [-0.05, 0) is 69.8 Å². The second kappa shape index (κ2) is 8.52. The van der Waals surface area contributed by atoms with Crippen LogP contribution in [0.1, 0.15) is 43.4 Å². The van der Waals surface area contributed by atoms with Crippen LogP contribution in [0, 0.1) is 19.8 Å². The molecule has 0 spiro atoms. The third-order valence-electron chi connectivity index (χ3n) is 5.39. The topological polar surface area (TPSA) is 32.8 Å². The maximum absolute atomic E-state index is 12.6. The molecule has 0 bridgehead atoms. The van der Waals surface area contributed by atoms with Gasteiger partial charge in [-0.25, -0.2) is 0 Å². The third-order valence-corrected chi connectivity index (χ3v) is 5.39. The molecule has 1 aliphatic heterocycles. The molecular formula is C20H32N2O2. The first-order chi connectivity index (χ1) is 11.5. The van der Waals surface area contributed by atoms with Crippen molar-refractivity contribution in [1.82, 2.24) is 9.80 Å². The molecule has 24 heavy (non-hydrogen) atoms. The van der Waals surface area contributed by atoms with Crippen LogP contribution in [-0.4, -0.2) is 49.0 Å². The Morgan fingerprint density at radius 1 is 1.25 bits per heavy atom. The fraction of sp³-hybridized carbons (Fsp3) is 0.650. The summed E-state index contributed by atoms with van der Waals surface area (Å²) in [5.74, 6) is 1.43. The summed E-state index contributed by atoms with van der Waals surface area (Å²) in [6.45, 7) is 12.9. The lowest BCUT2D eigenvalue weighted by Gasteiger charge is -2.35. The molecule has 1 amide bonds. The maximum atomic E-state index is 12.6. The van der Waals surface area contributed by atoms with Crippen molar-refractivity contribution >= 4 is 5.91 Å². The van der Waals surface area contributed by atoms with E-state index in [1.165, 1.54) is 16.7 Å². The van der Waals surface area contributed by atoms with Crippen molar-refractivity contribution in [2.45, 2.75) is 47.1 Å². The second-order valence-electron chi connectivity index (χ2n) is 6.76. The quantitative estimate of drug-likeness (QED) is 0.800. The van der Waals surface area contributed by atoms with Crippen molar-refractivity contribution in [2.75, 3.05) is 33.3 Å². The molecule has 0 radical (unpaired) electrons. The lowest BCUT2D eigenvalue weighted by molar-refractivity contribution is -0.137. The first kappa shape index (κ1) is 18.8. The summed E-state index contributed by atoms with van der Waals surface area (Å²) in [6.07, 6.45) is 2.12. The van der Waals surface area contributed by atoms with E-state index in [-0.39, 0.29) is 5.92 Å². The summed E-state index contributed by atoms with van der Waals surface area (Å²) in [5.41, 5.74) is 3.85. The predicted molar refractivity (Wildman–Crippen MR) is 98.4 cm³/mol. The largest absolute Gasteiger partial charge is 0.496 e. The summed E-state index contributed by atoms with van der Waals surface area (Å²) in [4.78, 5) is 17.0. The number of piperidine rings is 1. The molecule has 4 heteroatoms. The molecule has 1 saturated heterocycles. The normalized spacial score (nSPS) is 18.5. The molecule has 0 aliphatic carbocycles. The summed E-state index contributed by atoms with van der Waals surface area (Å²) in [5, 5.41) is 0. The Labute approximate surface area is 146 Å². The van der Waals surface area contributed by atoms with Crippen LogP contribution in [-0.2, 0) is 11.3 Å². The number of ether oxygens (including phenoxy) is 1. The van der Waals surface area contributed by atoms with Gasteiger partial charge in [-0.1, -0.05) is 6.07 Å². The van der Waals surface area contributed by atoms with Crippen molar-refractivity contribution in [2.24, 2.45) is 5.92 Å². The highest BCUT2D eigenvalue weighted by Crippen LogP contribution is 2.26. The number of benzene rings is 1. The van der Waals surface area contributed by atoms with Crippen LogP contribution in [0.5, 0.6) is 5.75 Å². The number of rotatable bonds is 6. The number of amides is 1. The Kier molecular flexibility index (Phi) is 6.67. The van der Waals surface area contributed by atoms with Crippen LogP contribution in [0.25, 0.3) is 0 Å². The van der Waals surface area contributed by atoms with Crippen molar-refractivity contribution in [1.29, 1.82) is 0 Å². The highest BCUT2D eigenvalue weighted by Gasteiger charge is 2.28. The fourth-order valence-corrected chi connectivity index (χ4v) is 3.68. The Balaban J connectivity index is 2.06. The van der Waals surface area contributed by atoms with Crippen molar-refractivity contribution in [3.8, 4) is 5.75 Å². The molecule has 1 fully saturated rings. The Morgan fingerprint density at radius 3 is 2.58 bits per heavy atom. The van der Waals surface area contributed by atoms with Gasteiger partial charge in [-0.15, -0.1) is 0 Å². The Bertz CT molecular complexity index is 567. The zero-order chi connectivity index (χ0) is 17.7. The van der Waals surface area contributed by atoms with Crippen molar-refractivity contribution in [3.63, 3.8) is 0 Å². The van der Waals surface area contributed by atoms with Crippen LogP contribution < -0.4 is 4.74 Å². The van der Waals surface area contributed by atoms with Crippen LogP contribution >= 0.6 is 0 Å². The lowest BCUT2D eigenvalue weighted by atomic mass is 9.95. The van der Waals surface area contributed by atoms with E-state index in [4.69, 9.17) is 4.74 Å². The highest BCUT2D eigenvalue weighted by molar-refractivity contribution is 5.79. The van der Waals surface area contributed by atoms with Crippen molar-refractivity contribution < 1.29 is 9.53 Å². The van der Waals surface area contributed by atoms with Crippen LogP contribution in [0.2, 0.25) is 0 Å². The minimum Gasteiger partial charge on any atom is -0.496 e. The minimum atomic E-state index is 0.151. The van der Waals surface area contributed by atoms with Gasteiger partial charge in [0.25, 0.3) is 0 Å². The van der Waals surface area contributed by atoms with Crippen LogP contribution in [0.4, 0.5) is 0 Å². The molecule has 0 unspecified atom stereocenters. The fourth-order valence-electron chi connectivity index (χ4n) is 3.68. The summed E-state index contributed by atoms with van der Waals surface area (Å²) < 4.78 is 5.41. The van der Waals surface area contributed by atoms with Crippen LogP contribution in [0.3, 0.4) is 0 Å². The summed E-state index contributed by atoms with van der Waals surface area (Å²) in [7, 11) is 1.72. The van der Waals surface area contributed by atoms with E-state index in [0.717, 1.165) is 51.3 Å². The number of methoxy groups -OCH3 is 1. The maximum Gasteiger partial charge on any atom is 0.226 e. The van der Waals surface area contributed by atoms with Gasteiger partial charge in [-0.3, -0.25) is 9.69 Å². The molecule has 1 heterocycles. The SMILES string of the molecule is CCN(CC)C(=O)[C@H]1CCCN(Cc2ccc(OC)c(C)c2C)C1. The summed E-state index contributed by atoms with van der Waals surface area (Å²) in [6, 6.07) is 4.22.